The highest BCUT2D eigenvalue weighted by molar-refractivity contribution is 5.95. The van der Waals surface area contributed by atoms with Gasteiger partial charge in [0.05, 0.1) is 0 Å². The summed E-state index contributed by atoms with van der Waals surface area (Å²) in [7, 11) is 4.24. The molecule has 0 aromatic heterocycles. The van der Waals surface area contributed by atoms with Crippen LogP contribution in [0.2, 0.25) is 0 Å². The first kappa shape index (κ1) is 33.6. The number of nitrogens with zero attached hydrogens (tertiary/aromatic N) is 1. The Morgan fingerprint density at radius 3 is 2.12 bits per heavy atom. The van der Waals surface area contributed by atoms with E-state index in [1.54, 1.807) is 0 Å². The summed E-state index contributed by atoms with van der Waals surface area (Å²) in [5.41, 5.74) is 9.48. The Kier molecular flexibility index (Phi) is 8.61. The second-order valence-corrected chi connectivity index (χ2v) is 16.4. The average Bonchev–Trinajstić information content (AvgIpc) is 3.23. The molecule has 0 amide bonds. The summed E-state index contributed by atoms with van der Waals surface area (Å²) in [4.78, 5) is 2.38. The normalized spacial score (nSPS) is 20.4. The molecule has 0 spiro atoms. The van der Waals surface area contributed by atoms with Gasteiger partial charge < -0.3 is 10.2 Å². The van der Waals surface area contributed by atoms with Crippen LogP contribution in [0.5, 0.6) is 0 Å². The molecule has 0 saturated heterocycles. The molecule has 6 rings (SSSR count). The van der Waals surface area contributed by atoms with Crippen LogP contribution in [0.3, 0.4) is 0 Å². The minimum atomic E-state index is -0.0859. The fourth-order valence-corrected chi connectivity index (χ4v) is 8.70. The van der Waals surface area contributed by atoms with Crippen molar-refractivity contribution in [3.63, 3.8) is 0 Å². The molecule has 2 nitrogen and oxygen atoms in total. The Labute approximate surface area is 289 Å². The highest BCUT2D eigenvalue weighted by atomic mass is 15.2. The van der Waals surface area contributed by atoms with Gasteiger partial charge in [-0.2, -0.15) is 0 Å². The van der Waals surface area contributed by atoms with Crippen molar-refractivity contribution in [3.8, 4) is 0 Å². The molecular weight excluding hydrogens is 581 g/mol. The molecule has 1 N–H and O–H groups in total. The average molecular weight is 635 g/mol. The minimum absolute atomic E-state index is 0.0251. The van der Waals surface area contributed by atoms with E-state index in [1.807, 2.05) is 7.05 Å². The molecule has 0 unspecified atom stereocenters. The van der Waals surface area contributed by atoms with E-state index in [9.17, 15) is 0 Å². The van der Waals surface area contributed by atoms with E-state index in [4.69, 9.17) is 0 Å². The van der Waals surface area contributed by atoms with Crippen molar-refractivity contribution in [2.75, 3.05) is 24.3 Å². The standard InChI is InChI=1S/C46H54N2/c1-43(2,41-36-22-13-11-18-32(36)25-27-38(41)47-9)29-16-15-20-34-30-35(45(5,6)31-44(34,3)4)21-17-24-40-46(7,8)42-37-23-14-12-19-33(37)26-28-39(42)48(40)10/h11-28,30,47H,29,31H2,1-10H3/b16-15+,21-17+,34-20-,40-24+. The molecule has 1 heterocycles. The molecule has 0 radical (unpaired) electrons. The van der Waals surface area contributed by atoms with Crippen LogP contribution in [0.15, 0.2) is 132 Å². The van der Waals surface area contributed by atoms with Gasteiger partial charge in [-0.15, -0.1) is 0 Å². The lowest BCUT2D eigenvalue weighted by Crippen LogP contribution is -2.30. The SMILES string of the molecule is CNc1ccc2ccccc2c1C(C)(C)C/C=C/C=C1C=C(/C=C/C=C2/N(C)c3ccc4ccccc4c3C2(C)C)C(C)(C)CC/1(C)C. The second kappa shape index (κ2) is 12.3. The molecule has 4 aromatic rings. The van der Waals surface area contributed by atoms with Gasteiger partial charge in [0.2, 0.25) is 0 Å². The predicted molar refractivity (Wildman–Crippen MR) is 211 cm³/mol. The molecule has 0 atom stereocenters. The van der Waals surface area contributed by atoms with Crippen molar-refractivity contribution in [3.05, 3.63) is 143 Å². The van der Waals surface area contributed by atoms with E-state index >= 15 is 0 Å². The largest absolute Gasteiger partial charge is 0.388 e. The van der Waals surface area contributed by atoms with Crippen LogP contribution >= 0.6 is 0 Å². The fraction of sp³-hybridized carbons (Fsp3) is 0.348. The summed E-state index contributed by atoms with van der Waals surface area (Å²) in [6.07, 6.45) is 18.5. The summed E-state index contributed by atoms with van der Waals surface area (Å²) >= 11 is 0. The van der Waals surface area contributed by atoms with E-state index < -0.39 is 0 Å². The highest BCUT2D eigenvalue weighted by Gasteiger charge is 2.40. The molecular formula is C46H54N2. The number of hydrogen-bond donors (Lipinski definition) is 1. The van der Waals surface area contributed by atoms with Gasteiger partial charge in [-0.05, 0) is 91.1 Å². The summed E-state index contributed by atoms with van der Waals surface area (Å²) < 4.78 is 0. The van der Waals surface area contributed by atoms with Gasteiger partial charge in [0, 0.05) is 36.6 Å². The van der Waals surface area contributed by atoms with Gasteiger partial charge in [0.15, 0.2) is 0 Å². The van der Waals surface area contributed by atoms with Crippen molar-refractivity contribution < 1.29 is 0 Å². The third-order valence-corrected chi connectivity index (χ3v) is 11.1. The summed E-state index contributed by atoms with van der Waals surface area (Å²) in [6, 6.07) is 26.5. The molecule has 1 aliphatic carbocycles. The van der Waals surface area contributed by atoms with Crippen molar-refractivity contribution in [2.45, 2.75) is 79.1 Å². The smallest absolute Gasteiger partial charge is 0.0454 e. The van der Waals surface area contributed by atoms with E-state index in [0.29, 0.717) is 0 Å². The lowest BCUT2D eigenvalue weighted by atomic mass is 9.63. The number of fused-ring (bicyclic) bond motifs is 4. The Hall–Kier alpha value is -4.30. The maximum atomic E-state index is 3.46. The molecule has 48 heavy (non-hydrogen) atoms. The molecule has 1 aliphatic heterocycles. The zero-order valence-electron chi connectivity index (χ0n) is 30.8. The molecule has 2 heteroatoms. The number of nitrogens with one attached hydrogen (secondary N) is 1. The second-order valence-electron chi connectivity index (χ2n) is 16.4. The first-order valence-corrected chi connectivity index (χ1v) is 17.6. The number of benzene rings is 4. The number of likely N-dealkylation sites (N-methyl/N-ethyl adjacent to an activating group) is 1. The Morgan fingerprint density at radius 2 is 1.42 bits per heavy atom. The predicted octanol–water partition coefficient (Wildman–Crippen LogP) is 12.4. The van der Waals surface area contributed by atoms with Crippen LogP contribution in [0.1, 0.15) is 79.4 Å². The quantitative estimate of drug-likeness (QED) is 0.218. The van der Waals surface area contributed by atoms with Crippen molar-refractivity contribution in [1.82, 2.24) is 0 Å². The molecule has 248 valence electrons. The van der Waals surface area contributed by atoms with Crippen molar-refractivity contribution in [1.29, 1.82) is 0 Å². The van der Waals surface area contributed by atoms with E-state index in [1.165, 1.54) is 60.9 Å². The first-order valence-electron chi connectivity index (χ1n) is 17.6. The lowest BCUT2D eigenvalue weighted by Gasteiger charge is -2.42. The summed E-state index contributed by atoms with van der Waals surface area (Å²) in [5, 5.41) is 8.73. The van der Waals surface area contributed by atoms with Gasteiger partial charge in [-0.25, -0.2) is 0 Å². The molecule has 2 aliphatic rings. The number of rotatable bonds is 7. The maximum absolute atomic E-state index is 3.46. The van der Waals surface area contributed by atoms with Crippen molar-refractivity contribution in [2.24, 2.45) is 10.8 Å². The van der Waals surface area contributed by atoms with Crippen molar-refractivity contribution >= 4 is 32.9 Å². The highest BCUT2D eigenvalue weighted by Crippen LogP contribution is 2.51. The monoisotopic (exact) mass is 634 g/mol. The van der Waals surface area contributed by atoms with Gasteiger partial charge in [0.25, 0.3) is 0 Å². The number of allylic oxidation sites excluding steroid dienone is 10. The van der Waals surface area contributed by atoms with Crippen LogP contribution < -0.4 is 10.2 Å². The Balaban J connectivity index is 1.27. The fourth-order valence-electron chi connectivity index (χ4n) is 8.70. The van der Waals surface area contributed by atoms with E-state index in [2.05, 4.69) is 188 Å². The maximum Gasteiger partial charge on any atom is 0.0454 e. The topological polar surface area (TPSA) is 15.3 Å². The van der Waals surface area contributed by atoms with Crippen LogP contribution in [0, 0.1) is 10.8 Å². The zero-order valence-corrected chi connectivity index (χ0v) is 30.8. The van der Waals surface area contributed by atoms with Crippen LogP contribution in [0.4, 0.5) is 11.4 Å². The van der Waals surface area contributed by atoms with Gasteiger partial charge in [-0.3, -0.25) is 0 Å². The number of hydrogen-bond acceptors (Lipinski definition) is 2. The molecule has 4 aromatic carbocycles. The molecule has 0 fully saturated rings. The Morgan fingerprint density at radius 1 is 0.771 bits per heavy atom. The van der Waals surface area contributed by atoms with E-state index in [-0.39, 0.29) is 21.7 Å². The van der Waals surface area contributed by atoms with Crippen LogP contribution in [0.25, 0.3) is 21.5 Å². The minimum Gasteiger partial charge on any atom is -0.388 e. The van der Waals surface area contributed by atoms with E-state index in [0.717, 1.165) is 12.8 Å². The molecule has 0 saturated carbocycles. The van der Waals surface area contributed by atoms with Gasteiger partial charge in [-0.1, -0.05) is 153 Å². The van der Waals surface area contributed by atoms with Crippen LogP contribution in [-0.4, -0.2) is 14.1 Å². The van der Waals surface area contributed by atoms with Gasteiger partial charge in [0.1, 0.15) is 0 Å². The third-order valence-electron chi connectivity index (χ3n) is 11.1. The lowest BCUT2D eigenvalue weighted by molar-refractivity contribution is 0.261. The first-order chi connectivity index (χ1) is 22.7. The number of anilines is 2. The Bertz CT molecular complexity index is 2020. The summed E-state index contributed by atoms with van der Waals surface area (Å²) in [5.74, 6) is 0. The van der Waals surface area contributed by atoms with Gasteiger partial charge >= 0.3 is 0 Å². The van der Waals surface area contributed by atoms with Crippen LogP contribution in [-0.2, 0) is 10.8 Å². The third kappa shape index (κ3) is 5.96. The summed E-state index contributed by atoms with van der Waals surface area (Å²) in [6.45, 7) is 19.0. The zero-order chi connectivity index (χ0) is 34.5. The molecule has 0 bridgehead atoms.